The number of aliphatic hydroxyl groups excluding tert-OH is 2. The third-order valence-corrected chi connectivity index (χ3v) is 4.16. The molecule has 0 saturated carbocycles. The number of nitro groups is 1. The van der Waals surface area contributed by atoms with Crippen LogP contribution in [0.5, 0.6) is 0 Å². The lowest BCUT2D eigenvalue weighted by Gasteiger charge is -2.23. The number of hydrogen-bond acceptors (Lipinski definition) is 5. The highest BCUT2D eigenvalue weighted by molar-refractivity contribution is 5.79. The van der Waals surface area contributed by atoms with Gasteiger partial charge >= 0.3 is 0 Å². The highest BCUT2D eigenvalue weighted by atomic mass is 16.6. The van der Waals surface area contributed by atoms with Crippen molar-refractivity contribution in [3.63, 3.8) is 0 Å². The molecule has 1 aliphatic rings. The second-order valence-corrected chi connectivity index (χ2v) is 5.55. The van der Waals surface area contributed by atoms with Gasteiger partial charge < -0.3 is 15.1 Å². The topological polar surface area (TPSA) is 86.8 Å². The summed E-state index contributed by atoms with van der Waals surface area (Å²) in [5.74, 6) is 0. The summed E-state index contributed by atoms with van der Waals surface area (Å²) in [6.45, 7) is 0.947. The summed E-state index contributed by atoms with van der Waals surface area (Å²) in [5, 5.41) is 29.2. The summed E-state index contributed by atoms with van der Waals surface area (Å²) < 4.78 is 0. The van der Waals surface area contributed by atoms with Gasteiger partial charge in [-0.15, -0.1) is 0 Å². The Kier molecular flexibility index (Phi) is 4.27. The maximum atomic E-state index is 10.9. The molecule has 0 radical (unpaired) electrons. The molecule has 0 amide bonds. The molecule has 0 fully saturated rings. The van der Waals surface area contributed by atoms with E-state index in [4.69, 9.17) is 10.2 Å². The minimum Gasteiger partial charge on any atom is -0.395 e. The number of rotatable bonds is 6. The third kappa shape index (κ3) is 2.91. The molecule has 0 heterocycles. The third-order valence-electron chi connectivity index (χ3n) is 4.16. The van der Waals surface area contributed by atoms with Gasteiger partial charge in [0, 0.05) is 30.9 Å². The molecule has 23 heavy (non-hydrogen) atoms. The fraction of sp³-hybridized carbons (Fsp3) is 0.294. The Bertz CT molecular complexity index is 739. The van der Waals surface area contributed by atoms with Crippen LogP contribution in [0.15, 0.2) is 36.4 Å². The lowest BCUT2D eigenvalue weighted by molar-refractivity contribution is -0.384. The van der Waals surface area contributed by atoms with Crippen LogP contribution in [0.2, 0.25) is 0 Å². The van der Waals surface area contributed by atoms with Gasteiger partial charge in [0.15, 0.2) is 0 Å². The van der Waals surface area contributed by atoms with Crippen LogP contribution in [0.1, 0.15) is 11.1 Å². The molecule has 6 heteroatoms. The molecule has 0 unspecified atom stereocenters. The second kappa shape index (κ2) is 6.36. The van der Waals surface area contributed by atoms with E-state index in [2.05, 4.69) is 0 Å². The number of anilines is 1. The fourth-order valence-corrected chi connectivity index (χ4v) is 3.11. The van der Waals surface area contributed by atoms with E-state index in [1.54, 1.807) is 12.1 Å². The zero-order valence-electron chi connectivity index (χ0n) is 12.6. The summed E-state index contributed by atoms with van der Waals surface area (Å²) in [7, 11) is 0. The number of nitrogens with zero attached hydrogens (tertiary/aromatic N) is 2. The predicted molar refractivity (Wildman–Crippen MR) is 87.7 cm³/mol. The molecule has 0 atom stereocenters. The van der Waals surface area contributed by atoms with Crippen molar-refractivity contribution in [3.05, 3.63) is 57.6 Å². The van der Waals surface area contributed by atoms with E-state index >= 15 is 0 Å². The summed E-state index contributed by atoms with van der Waals surface area (Å²) >= 11 is 0. The highest BCUT2D eigenvalue weighted by Crippen LogP contribution is 2.39. The van der Waals surface area contributed by atoms with E-state index in [1.165, 1.54) is 6.07 Å². The van der Waals surface area contributed by atoms with Crippen LogP contribution in [0, 0.1) is 10.1 Å². The van der Waals surface area contributed by atoms with Crippen LogP contribution < -0.4 is 4.90 Å². The summed E-state index contributed by atoms with van der Waals surface area (Å²) in [6.07, 6.45) is 0.659. The second-order valence-electron chi connectivity index (χ2n) is 5.55. The van der Waals surface area contributed by atoms with E-state index in [1.807, 2.05) is 23.1 Å². The molecule has 0 spiro atoms. The molecule has 2 N–H and O–H groups in total. The SMILES string of the molecule is O=[N+]([O-])c1ccc2c(c1)Cc1cc(N(CCO)CCO)ccc1-2. The first-order valence-electron chi connectivity index (χ1n) is 7.51. The van der Waals surface area contributed by atoms with Gasteiger partial charge in [0.25, 0.3) is 5.69 Å². The van der Waals surface area contributed by atoms with Crippen LogP contribution in [-0.4, -0.2) is 41.4 Å². The molecule has 2 aromatic carbocycles. The van der Waals surface area contributed by atoms with Gasteiger partial charge in [0.1, 0.15) is 0 Å². The zero-order chi connectivity index (χ0) is 16.4. The Hall–Kier alpha value is -2.44. The van der Waals surface area contributed by atoms with Gasteiger partial charge in [-0.3, -0.25) is 10.1 Å². The Morgan fingerprint density at radius 2 is 1.61 bits per heavy atom. The lowest BCUT2D eigenvalue weighted by Crippen LogP contribution is -2.29. The van der Waals surface area contributed by atoms with Crippen molar-refractivity contribution < 1.29 is 15.1 Å². The van der Waals surface area contributed by atoms with Crippen molar-refractivity contribution in [2.75, 3.05) is 31.2 Å². The summed E-state index contributed by atoms with van der Waals surface area (Å²) in [6, 6.07) is 11.0. The minimum atomic E-state index is -0.376. The Morgan fingerprint density at radius 1 is 1.00 bits per heavy atom. The van der Waals surface area contributed by atoms with Gasteiger partial charge in [-0.2, -0.15) is 0 Å². The molecule has 3 rings (SSSR count). The molecular formula is C17H18N2O4. The van der Waals surface area contributed by atoms with Crippen molar-refractivity contribution >= 4 is 11.4 Å². The number of benzene rings is 2. The van der Waals surface area contributed by atoms with Crippen LogP contribution in [0.3, 0.4) is 0 Å². The van der Waals surface area contributed by atoms with Gasteiger partial charge in [0.2, 0.25) is 0 Å². The Labute approximate surface area is 133 Å². The number of non-ortho nitro benzene ring substituents is 1. The molecule has 0 aliphatic heterocycles. The van der Waals surface area contributed by atoms with E-state index in [0.717, 1.165) is 27.9 Å². The molecule has 0 bridgehead atoms. The average molecular weight is 314 g/mol. The van der Waals surface area contributed by atoms with Crippen LogP contribution in [0.4, 0.5) is 11.4 Å². The maximum absolute atomic E-state index is 10.9. The number of hydrogen-bond donors (Lipinski definition) is 2. The highest BCUT2D eigenvalue weighted by Gasteiger charge is 2.22. The number of fused-ring (bicyclic) bond motifs is 3. The molecule has 2 aromatic rings. The first-order valence-corrected chi connectivity index (χ1v) is 7.51. The summed E-state index contributed by atoms with van der Waals surface area (Å²) in [4.78, 5) is 12.5. The Balaban J connectivity index is 1.93. The van der Waals surface area contributed by atoms with Gasteiger partial charge in [-0.25, -0.2) is 0 Å². The van der Waals surface area contributed by atoms with Gasteiger partial charge in [-0.1, -0.05) is 6.07 Å². The lowest BCUT2D eigenvalue weighted by atomic mass is 10.0. The van der Waals surface area contributed by atoms with Crippen molar-refractivity contribution in [2.24, 2.45) is 0 Å². The van der Waals surface area contributed by atoms with E-state index in [9.17, 15) is 10.1 Å². The molecule has 6 nitrogen and oxygen atoms in total. The molecule has 120 valence electrons. The molecule has 1 aliphatic carbocycles. The standard InChI is InChI=1S/C17H18N2O4/c20-7-5-18(6-8-21)14-1-3-16-12(10-14)9-13-11-15(19(22)23)2-4-17(13)16/h1-4,10-11,20-21H,5-9H2. The van der Waals surface area contributed by atoms with Gasteiger partial charge in [-0.05, 0) is 46.9 Å². The first kappa shape index (κ1) is 15.5. The van der Waals surface area contributed by atoms with Crippen molar-refractivity contribution in [2.45, 2.75) is 6.42 Å². The number of aliphatic hydroxyl groups is 2. The van der Waals surface area contributed by atoms with Crippen LogP contribution in [0.25, 0.3) is 11.1 Å². The van der Waals surface area contributed by atoms with Crippen molar-refractivity contribution in [3.8, 4) is 11.1 Å². The normalized spacial score (nSPS) is 11.9. The molecule has 0 saturated heterocycles. The minimum absolute atomic E-state index is 0.0174. The van der Waals surface area contributed by atoms with E-state index < -0.39 is 0 Å². The zero-order valence-corrected chi connectivity index (χ0v) is 12.6. The van der Waals surface area contributed by atoms with Crippen LogP contribution in [-0.2, 0) is 6.42 Å². The fourth-order valence-electron chi connectivity index (χ4n) is 3.11. The van der Waals surface area contributed by atoms with Crippen molar-refractivity contribution in [1.29, 1.82) is 0 Å². The largest absolute Gasteiger partial charge is 0.395 e. The van der Waals surface area contributed by atoms with E-state index in [0.29, 0.717) is 19.5 Å². The quantitative estimate of drug-likeness (QED) is 0.536. The summed E-state index contributed by atoms with van der Waals surface area (Å²) in [5.41, 5.74) is 5.24. The Morgan fingerprint density at radius 3 is 2.22 bits per heavy atom. The maximum Gasteiger partial charge on any atom is 0.269 e. The monoisotopic (exact) mass is 314 g/mol. The first-order chi connectivity index (χ1) is 11.1. The van der Waals surface area contributed by atoms with Gasteiger partial charge in [0.05, 0.1) is 18.1 Å². The van der Waals surface area contributed by atoms with Crippen molar-refractivity contribution in [1.82, 2.24) is 0 Å². The van der Waals surface area contributed by atoms with Crippen LogP contribution >= 0.6 is 0 Å². The molecule has 0 aromatic heterocycles. The average Bonchev–Trinajstić information content (AvgIpc) is 2.91. The predicted octanol–water partition coefficient (Wildman–Crippen LogP) is 1.96. The number of nitro benzene ring substituents is 1. The van der Waals surface area contributed by atoms with E-state index in [-0.39, 0.29) is 23.8 Å². The molecular weight excluding hydrogens is 296 g/mol. The smallest absolute Gasteiger partial charge is 0.269 e.